The average Bonchev–Trinajstić information content (AvgIpc) is 3.49. The number of piperazine rings is 1. The first-order chi connectivity index (χ1) is 19.6. The lowest BCUT2D eigenvalue weighted by molar-refractivity contribution is 0.132. The van der Waals surface area contributed by atoms with Gasteiger partial charge in [-0.05, 0) is 36.4 Å². The van der Waals surface area contributed by atoms with E-state index in [-0.39, 0.29) is 0 Å². The number of halogens is 1. The summed E-state index contributed by atoms with van der Waals surface area (Å²) >= 11 is 6.70. The van der Waals surface area contributed by atoms with Gasteiger partial charge in [0.2, 0.25) is 5.95 Å². The third kappa shape index (κ3) is 5.13. The van der Waals surface area contributed by atoms with Crippen LogP contribution in [0, 0.1) is 0 Å². The molecule has 10 nitrogen and oxygen atoms in total. The van der Waals surface area contributed by atoms with Gasteiger partial charge in [0, 0.05) is 67.2 Å². The van der Waals surface area contributed by atoms with E-state index in [2.05, 4.69) is 61.5 Å². The fourth-order valence-corrected chi connectivity index (χ4v) is 5.40. The zero-order valence-corrected chi connectivity index (χ0v) is 23.5. The number of methoxy groups -OCH3 is 2. The summed E-state index contributed by atoms with van der Waals surface area (Å²) in [6, 6.07) is 14.0. The summed E-state index contributed by atoms with van der Waals surface area (Å²) in [5.74, 6) is 1.62. The van der Waals surface area contributed by atoms with Gasteiger partial charge in [-0.1, -0.05) is 30.7 Å². The lowest BCUT2D eigenvalue weighted by Crippen LogP contribution is -2.45. The van der Waals surface area contributed by atoms with Crippen LogP contribution in [0.2, 0.25) is 5.02 Å². The normalized spacial score (nSPS) is 14.6. The second-order valence-corrected chi connectivity index (χ2v) is 10.2. The Morgan fingerprint density at radius 1 is 0.925 bits per heavy atom. The van der Waals surface area contributed by atoms with Crippen LogP contribution in [-0.4, -0.2) is 81.3 Å². The van der Waals surface area contributed by atoms with Crippen molar-refractivity contribution in [3.8, 4) is 22.6 Å². The minimum atomic E-state index is 0.457. The Kier molecular flexibility index (Phi) is 7.38. The molecule has 206 valence electrons. The van der Waals surface area contributed by atoms with Gasteiger partial charge in [-0.3, -0.25) is 9.30 Å². The van der Waals surface area contributed by atoms with Gasteiger partial charge in [0.25, 0.3) is 0 Å². The quantitative estimate of drug-likeness (QED) is 0.286. The number of ether oxygens (including phenoxy) is 2. The van der Waals surface area contributed by atoms with Gasteiger partial charge < -0.3 is 19.7 Å². The highest BCUT2D eigenvalue weighted by Crippen LogP contribution is 2.41. The molecule has 0 spiro atoms. The molecule has 3 aromatic heterocycles. The topological polar surface area (TPSA) is 92.9 Å². The lowest BCUT2D eigenvalue weighted by atomic mass is 10.0. The zero-order chi connectivity index (χ0) is 27.6. The van der Waals surface area contributed by atoms with Crippen LogP contribution in [0.15, 0.2) is 55.0 Å². The van der Waals surface area contributed by atoms with Crippen LogP contribution in [0.3, 0.4) is 0 Å². The SMILES string of the molecule is CCN1CCN(Cc2ccc(Nc3ncc4cc(-c5cc(OC)cc(OC)c5Cl)c5nncn5c4n3)cc2)CC1. The third-order valence-corrected chi connectivity index (χ3v) is 7.79. The number of benzene rings is 2. The molecule has 1 fully saturated rings. The highest BCUT2D eigenvalue weighted by Gasteiger charge is 2.19. The van der Waals surface area contributed by atoms with Gasteiger partial charge in [0.1, 0.15) is 17.8 Å². The molecule has 6 rings (SSSR count). The number of nitrogens with zero attached hydrogens (tertiary/aromatic N) is 7. The maximum atomic E-state index is 6.70. The fourth-order valence-electron chi connectivity index (χ4n) is 5.11. The Labute approximate surface area is 237 Å². The Bertz CT molecular complexity index is 1650. The molecule has 0 radical (unpaired) electrons. The zero-order valence-electron chi connectivity index (χ0n) is 22.8. The molecule has 0 atom stereocenters. The molecule has 40 heavy (non-hydrogen) atoms. The van der Waals surface area contributed by atoms with Gasteiger partial charge in [-0.15, -0.1) is 10.2 Å². The largest absolute Gasteiger partial charge is 0.497 e. The molecule has 11 heteroatoms. The number of fused-ring (bicyclic) bond motifs is 3. The molecule has 1 N–H and O–H groups in total. The van der Waals surface area contributed by atoms with Gasteiger partial charge >= 0.3 is 0 Å². The molecule has 0 unspecified atom stereocenters. The maximum Gasteiger partial charge on any atom is 0.229 e. The summed E-state index contributed by atoms with van der Waals surface area (Å²) in [5, 5.41) is 13.1. The Morgan fingerprint density at radius 3 is 2.42 bits per heavy atom. The first-order valence-corrected chi connectivity index (χ1v) is 13.7. The summed E-state index contributed by atoms with van der Waals surface area (Å²) in [6.45, 7) is 8.80. The molecule has 2 aromatic carbocycles. The molecule has 5 aromatic rings. The number of hydrogen-bond donors (Lipinski definition) is 1. The van der Waals surface area contributed by atoms with Gasteiger partial charge in [-0.25, -0.2) is 4.98 Å². The van der Waals surface area contributed by atoms with Crippen LogP contribution >= 0.6 is 11.6 Å². The summed E-state index contributed by atoms with van der Waals surface area (Å²) < 4.78 is 12.8. The molecule has 1 saturated heterocycles. The first kappa shape index (κ1) is 26.2. The predicted octanol–water partition coefficient (Wildman–Crippen LogP) is 4.89. The van der Waals surface area contributed by atoms with Crippen molar-refractivity contribution >= 4 is 39.9 Å². The van der Waals surface area contributed by atoms with E-state index in [1.807, 2.05) is 16.5 Å². The van der Waals surface area contributed by atoms with Crippen molar-refractivity contribution < 1.29 is 9.47 Å². The lowest BCUT2D eigenvalue weighted by Gasteiger charge is -2.34. The summed E-state index contributed by atoms with van der Waals surface area (Å²) in [7, 11) is 3.17. The van der Waals surface area contributed by atoms with Crippen LogP contribution in [0.25, 0.3) is 27.8 Å². The van der Waals surface area contributed by atoms with E-state index in [4.69, 9.17) is 26.1 Å². The van der Waals surface area contributed by atoms with Gasteiger partial charge in [-0.2, -0.15) is 4.98 Å². The molecule has 0 saturated carbocycles. The monoisotopic (exact) mass is 558 g/mol. The van der Waals surface area contributed by atoms with E-state index in [1.165, 1.54) is 5.56 Å². The molecule has 0 aliphatic carbocycles. The van der Waals surface area contributed by atoms with Gasteiger partial charge in [0.15, 0.2) is 11.3 Å². The van der Waals surface area contributed by atoms with Crippen molar-refractivity contribution in [3.05, 3.63) is 65.6 Å². The van der Waals surface area contributed by atoms with Crippen LogP contribution in [0.4, 0.5) is 11.6 Å². The standard InChI is InChI=1S/C29H31ClN8O2/c1-4-36-9-11-37(12-10-36)17-19-5-7-21(8-6-19)33-29-31-16-20-13-24(28-35-32-18-38(28)27(20)34-29)23-14-22(39-2)15-25(40-3)26(23)30/h5-8,13-16,18H,4,9-12,17H2,1-3H3,(H,31,33,34). The maximum absolute atomic E-state index is 6.70. The van der Waals surface area contributed by atoms with Crippen molar-refractivity contribution in [2.75, 3.05) is 52.3 Å². The highest BCUT2D eigenvalue weighted by atomic mass is 35.5. The van der Waals surface area contributed by atoms with E-state index < -0.39 is 0 Å². The molecule has 1 aliphatic heterocycles. The van der Waals surface area contributed by atoms with Gasteiger partial charge in [0.05, 0.1) is 19.2 Å². The number of rotatable bonds is 8. The number of anilines is 2. The summed E-state index contributed by atoms with van der Waals surface area (Å²) in [6.07, 6.45) is 3.42. The van der Waals surface area contributed by atoms with E-state index in [9.17, 15) is 0 Å². The third-order valence-electron chi connectivity index (χ3n) is 7.40. The Morgan fingerprint density at radius 2 is 1.70 bits per heavy atom. The minimum Gasteiger partial charge on any atom is -0.497 e. The van der Waals surface area contributed by atoms with Crippen LogP contribution in [0.1, 0.15) is 12.5 Å². The van der Waals surface area contributed by atoms with Crippen molar-refractivity contribution in [1.82, 2.24) is 34.4 Å². The summed E-state index contributed by atoms with van der Waals surface area (Å²) in [5.41, 5.74) is 4.98. The van der Waals surface area contributed by atoms with E-state index in [1.54, 1.807) is 32.8 Å². The number of likely N-dealkylation sites (N-methyl/N-ethyl adjacent to an activating group) is 1. The van der Waals surface area contributed by atoms with Crippen molar-refractivity contribution in [2.24, 2.45) is 0 Å². The highest BCUT2D eigenvalue weighted by molar-refractivity contribution is 6.35. The molecular weight excluding hydrogens is 528 g/mol. The molecular formula is C29H31ClN8O2. The number of hydrogen-bond acceptors (Lipinski definition) is 9. The smallest absolute Gasteiger partial charge is 0.229 e. The molecule has 4 heterocycles. The van der Waals surface area contributed by atoms with E-state index >= 15 is 0 Å². The first-order valence-electron chi connectivity index (χ1n) is 13.3. The second-order valence-electron chi connectivity index (χ2n) is 9.78. The number of pyridine rings is 1. The minimum absolute atomic E-state index is 0.457. The molecule has 0 bridgehead atoms. The molecule has 0 amide bonds. The van der Waals surface area contributed by atoms with Crippen LogP contribution in [-0.2, 0) is 6.54 Å². The second kappa shape index (κ2) is 11.2. The number of nitrogens with one attached hydrogen (secondary N) is 1. The number of aromatic nitrogens is 5. The van der Waals surface area contributed by atoms with Crippen LogP contribution < -0.4 is 14.8 Å². The predicted molar refractivity (Wildman–Crippen MR) is 157 cm³/mol. The fraction of sp³-hybridized carbons (Fsp3) is 0.310. The Hall–Kier alpha value is -3.99. The Balaban J connectivity index is 1.26. The summed E-state index contributed by atoms with van der Waals surface area (Å²) in [4.78, 5) is 14.4. The van der Waals surface area contributed by atoms with Crippen molar-refractivity contribution in [3.63, 3.8) is 0 Å². The van der Waals surface area contributed by atoms with Crippen molar-refractivity contribution in [2.45, 2.75) is 13.5 Å². The van der Waals surface area contributed by atoms with Crippen molar-refractivity contribution in [1.29, 1.82) is 0 Å². The molecule has 1 aliphatic rings. The van der Waals surface area contributed by atoms with Crippen LogP contribution in [0.5, 0.6) is 11.5 Å². The van der Waals surface area contributed by atoms with E-state index in [0.29, 0.717) is 39.3 Å². The van der Waals surface area contributed by atoms with E-state index in [0.717, 1.165) is 55.9 Å². The average molecular weight is 559 g/mol.